The van der Waals surface area contributed by atoms with E-state index in [9.17, 15) is 15.0 Å². The highest BCUT2D eigenvalue weighted by Gasteiger charge is 2.40. The van der Waals surface area contributed by atoms with Crippen molar-refractivity contribution >= 4 is 5.97 Å². The van der Waals surface area contributed by atoms with E-state index in [0.717, 1.165) is 0 Å². The molecular weight excluding hydrogens is 184 g/mol. The van der Waals surface area contributed by atoms with Crippen molar-refractivity contribution in [2.45, 2.75) is 38.1 Å². The van der Waals surface area contributed by atoms with Gasteiger partial charge in [-0.05, 0) is 19.8 Å². The molecule has 0 spiro atoms. The summed E-state index contributed by atoms with van der Waals surface area (Å²) in [5.41, 5.74) is 0.529. The van der Waals surface area contributed by atoms with Gasteiger partial charge < -0.3 is 14.9 Å². The van der Waals surface area contributed by atoms with Gasteiger partial charge in [0, 0.05) is 11.5 Å². The molecule has 4 heteroatoms. The minimum atomic E-state index is -0.828. The van der Waals surface area contributed by atoms with Gasteiger partial charge in [-0.3, -0.25) is 0 Å². The summed E-state index contributed by atoms with van der Waals surface area (Å²) in [6.45, 7) is 1.79. The minimum absolute atomic E-state index is 0.176. The van der Waals surface area contributed by atoms with Crippen LogP contribution in [0.25, 0.3) is 0 Å². The van der Waals surface area contributed by atoms with Gasteiger partial charge in [0.25, 0.3) is 0 Å². The van der Waals surface area contributed by atoms with E-state index < -0.39 is 12.2 Å². The lowest BCUT2D eigenvalue weighted by Crippen LogP contribution is -2.44. The lowest BCUT2D eigenvalue weighted by atomic mass is 9.79. The maximum Gasteiger partial charge on any atom is 0.334 e. The van der Waals surface area contributed by atoms with Crippen LogP contribution in [0.5, 0.6) is 0 Å². The average Bonchev–Trinajstić information content (AvgIpc) is 2.12. The molecule has 2 rings (SSSR count). The first-order chi connectivity index (χ1) is 6.59. The third-order valence-corrected chi connectivity index (χ3v) is 2.91. The van der Waals surface area contributed by atoms with Gasteiger partial charge in [-0.2, -0.15) is 0 Å². The van der Waals surface area contributed by atoms with E-state index >= 15 is 0 Å². The molecule has 0 saturated carbocycles. The van der Waals surface area contributed by atoms with E-state index in [4.69, 9.17) is 4.74 Å². The first kappa shape index (κ1) is 9.68. The quantitative estimate of drug-likeness (QED) is 0.537. The van der Waals surface area contributed by atoms with E-state index in [1.165, 1.54) is 0 Å². The van der Waals surface area contributed by atoms with Crippen LogP contribution in [-0.2, 0) is 9.53 Å². The molecule has 78 valence electrons. The van der Waals surface area contributed by atoms with Crippen molar-refractivity contribution in [3.05, 3.63) is 11.6 Å². The van der Waals surface area contributed by atoms with Crippen molar-refractivity contribution in [1.82, 2.24) is 0 Å². The number of cyclic esters (lactones) is 1. The molecule has 2 N–H and O–H groups in total. The fourth-order valence-electron chi connectivity index (χ4n) is 2.15. The smallest absolute Gasteiger partial charge is 0.334 e. The van der Waals surface area contributed by atoms with Crippen LogP contribution < -0.4 is 0 Å². The second-order valence-electron chi connectivity index (χ2n) is 4.01. The number of aliphatic hydroxyl groups excluding tert-OH is 2. The van der Waals surface area contributed by atoms with Gasteiger partial charge >= 0.3 is 5.97 Å². The number of carbonyl (C=O) groups is 1. The molecule has 0 bridgehead atoms. The summed E-state index contributed by atoms with van der Waals surface area (Å²) in [6, 6.07) is 0. The van der Waals surface area contributed by atoms with Crippen LogP contribution in [0.2, 0.25) is 0 Å². The molecule has 2 aliphatic rings. The standard InChI is InChI=1S/C10H14O4/c1-5-4-7-6(10(13)14-5)2-3-8(11)9(7)12/h2,5,7-9,11-12H,3-4H2,1H3/t5-,7+,8-,9-/m1/s1. The van der Waals surface area contributed by atoms with Crippen molar-refractivity contribution in [3.63, 3.8) is 0 Å². The van der Waals surface area contributed by atoms with Gasteiger partial charge in [0.15, 0.2) is 0 Å². The molecule has 0 unspecified atom stereocenters. The number of esters is 1. The SMILES string of the molecule is C[C@@H]1C[C@H]2C(=CC[C@@H](O)[C@@H]2O)C(=O)O1. The molecule has 1 heterocycles. The monoisotopic (exact) mass is 198 g/mol. The van der Waals surface area contributed by atoms with E-state index in [1.807, 2.05) is 0 Å². The van der Waals surface area contributed by atoms with Gasteiger partial charge in [-0.1, -0.05) is 6.08 Å². The zero-order valence-corrected chi connectivity index (χ0v) is 8.01. The molecule has 0 aromatic heterocycles. The van der Waals surface area contributed by atoms with Gasteiger partial charge in [-0.25, -0.2) is 4.79 Å². The molecule has 14 heavy (non-hydrogen) atoms. The van der Waals surface area contributed by atoms with Crippen molar-refractivity contribution in [2.24, 2.45) is 5.92 Å². The summed E-state index contributed by atoms with van der Waals surface area (Å²) in [7, 11) is 0. The molecule has 4 nitrogen and oxygen atoms in total. The Hall–Kier alpha value is -0.870. The van der Waals surface area contributed by atoms with Crippen molar-refractivity contribution in [2.75, 3.05) is 0 Å². The van der Waals surface area contributed by atoms with Crippen molar-refractivity contribution < 1.29 is 19.7 Å². The second kappa shape index (κ2) is 3.37. The lowest BCUT2D eigenvalue weighted by Gasteiger charge is -2.36. The molecule has 4 atom stereocenters. The summed E-state index contributed by atoms with van der Waals surface area (Å²) >= 11 is 0. The Balaban J connectivity index is 2.26. The lowest BCUT2D eigenvalue weighted by molar-refractivity contribution is -0.152. The molecule has 1 aliphatic heterocycles. The highest BCUT2D eigenvalue weighted by atomic mass is 16.5. The fourth-order valence-corrected chi connectivity index (χ4v) is 2.15. The Morgan fingerprint density at radius 2 is 2.21 bits per heavy atom. The van der Waals surface area contributed by atoms with Crippen LogP contribution in [0.3, 0.4) is 0 Å². The highest BCUT2D eigenvalue weighted by Crippen LogP contribution is 2.34. The number of fused-ring (bicyclic) bond motifs is 1. The Bertz CT molecular complexity index is 284. The zero-order valence-electron chi connectivity index (χ0n) is 8.01. The molecule has 1 aliphatic carbocycles. The number of aliphatic hydroxyl groups is 2. The van der Waals surface area contributed by atoms with Crippen LogP contribution in [0, 0.1) is 5.92 Å². The van der Waals surface area contributed by atoms with E-state index in [-0.39, 0.29) is 18.0 Å². The fraction of sp³-hybridized carbons (Fsp3) is 0.700. The zero-order chi connectivity index (χ0) is 10.3. The van der Waals surface area contributed by atoms with Crippen LogP contribution in [0.15, 0.2) is 11.6 Å². The van der Waals surface area contributed by atoms with E-state index in [2.05, 4.69) is 0 Å². The third-order valence-electron chi connectivity index (χ3n) is 2.91. The third kappa shape index (κ3) is 1.44. The Kier molecular flexibility index (Phi) is 2.33. The van der Waals surface area contributed by atoms with Crippen LogP contribution >= 0.6 is 0 Å². The summed E-state index contributed by atoms with van der Waals surface area (Å²) in [6.07, 6.45) is 0.847. The van der Waals surface area contributed by atoms with E-state index in [0.29, 0.717) is 18.4 Å². The van der Waals surface area contributed by atoms with Gasteiger partial charge in [0.2, 0.25) is 0 Å². The van der Waals surface area contributed by atoms with Gasteiger partial charge in [0.05, 0.1) is 12.2 Å². The first-order valence-electron chi connectivity index (χ1n) is 4.86. The van der Waals surface area contributed by atoms with Crippen molar-refractivity contribution in [3.8, 4) is 0 Å². The number of hydrogen-bond donors (Lipinski definition) is 2. The number of ether oxygens (including phenoxy) is 1. The Morgan fingerprint density at radius 3 is 2.93 bits per heavy atom. The van der Waals surface area contributed by atoms with Crippen LogP contribution in [0.4, 0.5) is 0 Å². The number of carbonyl (C=O) groups excluding carboxylic acids is 1. The summed E-state index contributed by atoms with van der Waals surface area (Å²) in [5.74, 6) is -0.602. The van der Waals surface area contributed by atoms with Crippen molar-refractivity contribution in [1.29, 1.82) is 0 Å². The highest BCUT2D eigenvalue weighted by molar-refractivity contribution is 5.90. The Morgan fingerprint density at radius 1 is 1.50 bits per heavy atom. The normalized spacial score (nSPS) is 42.5. The number of hydrogen-bond acceptors (Lipinski definition) is 4. The number of rotatable bonds is 0. The first-order valence-corrected chi connectivity index (χ1v) is 4.86. The summed E-state index contributed by atoms with van der Waals surface area (Å²) in [5, 5.41) is 19.2. The molecular formula is C10H14O4. The Labute approximate surface area is 82.2 Å². The second-order valence-corrected chi connectivity index (χ2v) is 4.01. The summed E-state index contributed by atoms with van der Waals surface area (Å²) in [4.78, 5) is 11.4. The predicted molar refractivity (Wildman–Crippen MR) is 48.4 cm³/mol. The van der Waals surface area contributed by atoms with Gasteiger partial charge in [-0.15, -0.1) is 0 Å². The molecule has 0 radical (unpaired) electrons. The molecule has 1 saturated heterocycles. The predicted octanol–water partition coefficient (Wildman–Crippen LogP) is -0.0101. The summed E-state index contributed by atoms with van der Waals surface area (Å²) < 4.78 is 5.04. The molecule has 0 amide bonds. The average molecular weight is 198 g/mol. The topological polar surface area (TPSA) is 66.8 Å². The largest absolute Gasteiger partial charge is 0.459 e. The van der Waals surface area contributed by atoms with E-state index in [1.54, 1.807) is 13.0 Å². The molecule has 1 fully saturated rings. The minimum Gasteiger partial charge on any atom is -0.459 e. The van der Waals surface area contributed by atoms with Gasteiger partial charge in [0.1, 0.15) is 6.10 Å². The molecule has 0 aromatic carbocycles. The van der Waals surface area contributed by atoms with Crippen LogP contribution in [-0.4, -0.2) is 34.5 Å². The maximum absolute atomic E-state index is 11.4. The van der Waals surface area contributed by atoms with Crippen LogP contribution in [0.1, 0.15) is 19.8 Å². The maximum atomic E-state index is 11.4. The molecule has 0 aromatic rings.